The smallest absolute Gasteiger partial charge is 0.122 e. The molecule has 1 aromatic rings. The van der Waals surface area contributed by atoms with Crippen molar-refractivity contribution < 1.29 is 9.84 Å². The average Bonchev–Trinajstić information content (AvgIpc) is 2.79. The number of aliphatic hydroxyl groups is 1. The third-order valence-corrected chi connectivity index (χ3v) is 5.24. The molecular weight excluding hydrogens is 286 g/mol. The van der Waals surface area contributed by atoms with E-state index in [4.69, 9.17) is 22.1 Å². The van der Waals surface area contributed by atoms with Crippen LogP contribution in [-0.2, 0) is 0 Å². The van der Waals surface area contributed by atoms with Crippen molar-refractivity contribution in [3.8, 4) is 5.75 Å². The Labute approximate surface area is 132 Å². The highest BCUT2D eigenvalue weighted by molar-refractivity contribution is 6.30. The molecule has 0 spiro atoms. The normalized spacial score (nSPS) is 23.8. The highest BCUT2D eigenvalue weighted by Crippen LogP contribution is 2.47. The van der Waals surface area contributed by atoms with E-state index >= 15 is 0 Å². The highest BCUT2D eigenvalue weighted by atomic mass is 35.5. The van der Waals surface area contributed by atoms with E-state index in [1.165, 1.54) is 6.42 Å². The lowest BCUT2D eigenvalue weighted by atomic mass is 9.73. The summed E-state index contributed by atoms with van der Waals surface area (Å²) in [5.41, 5.74) is 7.03. The van der Waals surface area contributed by atoms with E-state index in [2.05, 4.69) is 13.8 Å². The highest BCUT2D eigenvalue weighted by Gasteiger charge is 2.42. The van der Waals surface area contributed by atoms with E-state index in [-0.39, 0.29) is 17.3 Å². The number of nitrogens with two attached hydrogens (primary N) is 1. The molecule has 4 heteroatoms. The maximum absolute atomic E-state index is 10.9. The molecule has 21 heavy (non-hydrogen) atoms. The zero-order valence-electron chi connectivity index (χ0n) is 13.1. The standard InChI is InChI=1S/C17H26ClNO2/c1-17(2)8-4-5-14(17)16(20)13(10-19)12-9-11(18)6-7-15(12)21-3/h6-7,9,13-14,16,20H,4-5,8,10,19H2,1-3H3. The molecule has 3 atom stereocenters. The first-order valence-corrected chi connectivity index (χ1v) is 8.00. The van der Waals surface area contributed by atoms with Crippen molar-refractivity contribution in [2.24, 2.45) is 17.1 Å². The van der Waals surface area contributed by atoms with Crippen LogP contribution in [0, 0.1) is 11.3 Å². The van der Waals surface area contributed by atoms with Crippen molar-refractivity contribution in [3.05, 3.63) is 28.8 Å². The van der Waals surface area contributed by atoms with Gasteiger partial charge in [0.15, 0.2) is 0 Å². The van der Waals surface area contributed by atoms with Crippen molar-refractivity contribution in [2.45, 2.75) is 45.1 Å². The van der Waals surface area contributed by atoms with Crippen LogP contribution in [0.1, 0.15) is 44.6 Å². The van der Waals surface area contributed by atoms with Gasteiger partial charge in [0.1, 0.15) is 5.75 Å². The lowest BCUT2D eigenvalue weighted by molar-refractivity contribution is 0.0340. The minimum atomic E-state index is -0.472. The molecule has 3 N–H and O–H groups in total. The van der Waals surface area contributed by atoms with E-state index in [9.17, 15) is 5.11 Å². The largest absolute Gasteiger partial charge is 0.496 e. The van der Waals surface area contributed by atoms with Gasteiger partial charge >= 0.3 is 0 Å². The first-order valence-electron chi connectivity index (χ1n) is 7.62. The first-order chi connectivity index (χ1) is 9.90. The molecule has 1 saturated carbocycles. The maximum Gasteiger partial charge on any atom is 0.122 e. The molecule has 3 nitrogen and oxygen atoms in total. The first kappa shape index (κ1) is 16.6. The maximum atomic E-state index is 10.9. The van der Waals surface area contributed by atoms with Crippen LogP contribution in [-0.4, -0.2) is 24.9 Å². The van der Waals surface area contributed by atoms with Crippen LogP contribution in [0.25, 0.3) is 0 Å². The summed E-state index contributed by atoms with van der Waals surface area (Å²) in [7, 11) is 1.63. The summed E-state index contributed by atoms with van der Waals surface area (Å²) >= 11 is 6.12. The summed E-state index contributed by atoms with van der Waals surface area (Å²) in [6, 6.07) is 5.50. The number of ether oxygens (including phenoxy) is 1. The topological polar surface area (TPSA) is 55.5 Å². The van der Waals surface area contributed by atoms with Crippen molar-refractivity contribution in [2.75, 3.05) is 13.7 Å². The van der Waals surface area contributed by atoms with Gasteiger partial charge in [0.25, 0.3) is 0 Å². The molecule has 0 radical (unpaired) electrons. The molecule has 2 rings (SSSR count). The molecule has 1 aliphatic rings. The fourth-order valence-electron chi connectivity index (χ4n) is 3.71. The molecular formula is C17H26ClNO2. The molecule has 0 heterocycles. The number of hydrogen-bond acceptors (Lipinski definition) is 3. The molecule has 0 aliphatic heterocycles. The number of aliphatic hydroxyl groups excluding tert-OH is 1. The number of halogens is 1. The Morgan fingerprint density at radius 3 is 2.71 bits per heavy atom. The van der Waals surface area contributed by atoms with Crippen LogP contribution in [0.4, 0.5) is 0 Å². The average molecular weight is 312 g/mol. The summed E-state index contributed by atoms with van der Waals surface area (Å²) in [5.74, 6) is 0.848. The molecule has 0 amide bonds. The van der Waals surface area contributed by atoms with Crippen molar-refractivity contribution >= 4 is 11.6 Å². The molecule has 0 aromatic heterocycles. The van der Waals surface area contributed by atoms with Gasteiger partial charge in [0.2, 0.25) is 0 Å². The van der Waals surface area contributed by atoms with E-state index in [0.29, 0.717) is 11.6 Å². The lowest BCUT2D eigenvalue weighted by Crippen LogP contribution is -2.37. The molecule has 1 aromatic carbocycles. The molecule has 0 bridgehead atoms. The fourth-order valence-corrected chi connectivity index (χ4v) is 3.89. The Kier molecular flexibility index (Phi) is 5.18. The molecule has 1 fully saturated rings. The molecule has 3 unspecified atom stereocenters. The van der Waals surface area contributed by atoms with Gasteiger partial charge in [-0.15, -0.1) is 0 Å². The zero-order chi connectivity index (χ0) is 15.6. The number of hydrogen-bond donors (Lipinski definition) is 2. The Balaban J connectivity index is 2.33. The minimum Gasteiger partial charge on any atom is -0.496 e. The van der Waals surface area contributed by atoms with E-state index in [1.54, 1.807) is 13.2 Å². The second kappa shape index (κ2) is 6.55. The van der Waals surface area contributed by atoms with Gasteiger partial charge in [-0.1, -0.05) is 31.9 Å². The van der Waals surface area contributed by atoms with Gasteiger partial charge in [-0.05, 0) is 42.4 Å². The Morgan fingerprint density at radius 2 is 2.19 bits per heavy atom. The van der Waals surface area contributed by atoms with Gasteiger partial charge in [0.05, 0.1) is 13.2 Å². The summed E-state index contributed by atoms with van der Waals surface area (Å²) < 4.78 is 5.42. The summed E-state index contributed by atoms with van der Waals surface area (Å²) in [6.45, 7) is 4.85. The van der Waals surface area contributed by atoms with E-state index in [0.717, 1.165) is 24.2 Å². The second-order valence-electron chi connectivity index (χ2n) is 6.71. The van der Waals surface area contributed by atoms with E-state index < -0.39 is 6.10 Å². The van der Waals surface area contributed by atoms with Crippen LogP contribution < -0.4 is 10.5 Å². The Bertz CT molecular complexity index is 490. The summed E-state index contributed by atoms with van der Waals surface area (Å²) in [6.07, 6.45) is 2.89. The molecule has 0 saturated heterocycles. The number of rotatable bonds is 5. The summed E-state index contributed by atoms with van der Waals surface area (Å²) in [4.78, 5) is 0. The summed E-state index contributed by atoms with van der Waals surface area (Å²) in [5, 5.41) is 11.6. The van der Waals surface area contributed by atoms with Crippen LogP contribution >= 0.6 is 11.6 Å². The third kappa shape index (κ3) is 3.36. The predicted octanol–water partition coefficient (Wildman–Crippen LogP) is 3.58. The molecule has 118 valence electrons. The van der Waals surface area contributed by atoms with Gasteiger partial charge < -0.3 is 15.6 Å². The van der Waals surface area contributed by atoms with E-state index in [1.807, 2.05) is 12.1 Å². The minimum absolute atomic E-state index is 0.151. The quantitative estimate of drug-likeness (QED) is 0.874. The predicted molar refractivity (Wildman–Crippen MR) is 86.9 cm³/mol. The zero-order valence-corrected chi connectivity index (χ0v) is 13.9. The Hall–Kier alpha value is -0.770. The van der Waals surface area contributed by atoms with Crippen LogP contribution in [0.2, 0.25) is 5.02 Å². The monoisotopic (exact) mass is 311 g/mol. The van der Waals surface area contributed by atoms with Crippen molar-refractivity contribution in [1.29, 1.82) is 0 Å². The van der Waals surface area contributed by atoms with Gasteiger partial charge in [-0.2, -0.15) is 0 Å². The van der Waals surface area contributed by atoms with Gasteiger partial charge in [-0.3, -0.25) is 0 Å². The van der Waals surface area contributed by atoms with Crippen molar-refractivity contribution in [1.82, 2.24) is 0 Å². The second-order valence-corrected chi connectivity index (χ2v) is 7.14. The lowest BCUT2D eigenvalue weighted by Gasteiger charge is -2.35. The van der Waals surface area contributed by atoms with Gasteiger partial charge in [0, 0.05) is 23.0 Å². The fraction of sp³-hybridized carbons (Fsp3) is 0.647. The van der Waals surface area contributed by atoms with Crippen LogP contribution in [0.15, 0.2) is 18.2 Å². The number of methoxy groups -OCH3 is 1. The van der Waals surface area contributed by atoms with Crippen LogP contribution in [0.5, 0.6) is 5.75 Å². The SMILES string of the molecule is COc1ccc(Cl)cc1C(CN)C(O)C1CCCC1(C)C. The molecule has 1 aliphatic carbocycles. The third-order valence-electron chi connectivity index (χ3n) is 5.01. The number of benzene rings is 1. The van der Waals surface area contributed by atoms with Crippen LogP contribution in [0.3, 0.4) is 0 Å². The van der Waals surface area contributed by atoms with Gasteiger partial charge in [-0.25, -0.2) is 0 Å². The Morgan fingerprint density at radius 1 is 1.48 bits per heavy atom. The van der Waals surface area contributed by atoms with Crippen molar-refractivity contribution in [3.63, 3.8) is 0 Å².